The van der Waals surface area contributed by atoms with E-state index in [1.54, 1.807) is 12.4 Å². The van der Waals surface area contributed by atoms with E-state index in [4.69, 9.17) is 4.42 Å². The summed E-state index contributed by atoms with van der Waals surface area (Å²) in [6.07, 6.45) is 3.74. The zero-order valence-electron chi connectivity index (χ0n) is 15.7. The lowest BCUT2D eigenvalue weighted by Crippen LogP contribution is -2.46. The largest absolute Gasteiger partial charge is 0.441 e. The molecule has 4 rings (SSSR count). The van der Waals surface area contributed by atoms with Gasteiger partial charge in [-0.2, -0.15) is 0 Å². The number of hydrogen-bond donors (Lipinski definition) is 0. The normalized spacial score (nSPS) is 16.1. The molecule has 0 aliphatic carbocycles. The molecule has 7 heteroatoms. The predicted octanol–water partition coefficient (Wildman–Crippen LogP) is 1.95. The summed E-state index contributed by atoms with van der Waals surface area (Å²) in [5.74, 6) is 2.05. The lowest BCUT2D eigenvalue weighted by molar-refractivity contribution is -0.120. The van der Waals surface area contributed by atoms with Crippen molar-refractivity contribution in [3.8, 4) is 11.3 Å². The van der Waals surface area contributed by atoms with Crippen molar-refractivity contribution in [1.82, 2.24) is 24.8 Å². The Labute approximate surface area is 158 Å². The zero-order valence-corrected chi connectivity index (χ0v) is 15.7. The molecule has 0 saturated carbocycles. The fraction of sp³-hybridized carbons (Fsp3) is 0.400. The van der Waals surface area contributed by atoms with Crippen LogP contribution in [0.1, 0.15) is 11.7 Å². The molecule has 1 aromatic carbocycles. The summed E-state index contributed by atoms with van der Waals surface area (Å²) in [5, 5.41) is 0.935. The number of piperazine rings is 1. The molecule has 1 aliphatic heterocycles. The Kier molecular flexibility index (Phi) is 4.96. The van der Waals surface area contributed by atoms with Gasteiger partial charge in [-0.15, -0.1) is 0 Å². The molecule has 0 bridgehead atoms. The number of benzene rings is 1. The zero-order chi connectivity index (χ0) is 18.8. The van der Waals surface area contributed by atoms with E-state index in [0.717, 1.165) is 42.6 Å². The minimum absolute atomic E-state index is 0.154. The van der Waals surface area contributed by atoms with Crippen LogP contribution in [0.4, 0.5) is 0 Å². The summed E-state index contributed by atoms with van der Waals surface area (Å²) in [6, 6.07) is 5.87. The van der Waals surface area contributed by atoms with Gasteiger partial charge in [-0.1, -0.05) is 12.1 Å². The highest BCUT2D eigenvalue weighted by Gasteiger charge is 2.17. The van der Waals surface area contributed by atoms with Gasteiger partial charge in [0.25, 0.3) is 0 Å². The van der Waals surface area contributed by atoms with Crippen molar-refractivity contribution in [2.45, 2.75) is 13.3 Å². The maximum atomic E-state index is 12.4. The highest BCUT2D eigenvalue weighted by atomic mass is 16.4. The van der Waals surface area contributed by atoms with Gasteiger partial charge in [0.2, 0.25) is 0 Å². The van der Waals surface area contributed by atoms with E-state index in [0.29, 0.717) is 24.0 Å². The van der Waals surface area contributed by atoms with Gasteiger partial charge in [-0.25, -0.2) is 15.0 Å². The SMILES string of the molecule is Cc1ncc(-c2ccc3cnc(CC(=O)CN4CCN(C)CC4)nc3c2)o1. The van der Waals surface area contributed by atoms with Gasteiger partial charge in [0, 0.05) is 50.2 Å². The van der Waals surface area contributed by atoms with Crippen LogP contribution in [0.5, 0.6) is 0 Å². The first-order valence-electron chi connectivity index (χ1n) is 9.18. The lowest BCUT2D eigenvalue weighted by Gasteiger charge is -2.31. The summed E-state index contributed by atoms with van der Waals surface area (Å²) < 4.78 is 5.59. The monoisotopic (exact) mass is 365 g/mol. The third kappa shape index (κ3) is 4.20. The van der Waals surface area contributed by atoms with E-state index in [9.17, 15) is 4.79 Å². The Morgan fingerprint density at radius 3 is 2.70 bits per heavy atom. The first-order chi connectivity index (χ1) is 13.1. The Bertz CT molecular complexity index is 960. The summed E-state index contributed by atoms with van der Waals surface area (Å²) in [6.45, 7) is 6.15. The van der Waals surface area contributed by atoms with Crippen LogP contribution in [0.3, 0.4) is 0 Å². The number of aryl methyl sites for hydroxylation is 1. The molecule has 140 valence electrons. The van der Waals surface area contributed by atoms with E-state index in [1.807, 2.05) is 25.1 Å². The minimum atomic E-state index is 0.154. The summed E-state index contributed by atoms with van der Waals surface area (Å²) >= 11 is 0. The van der Waals surface area contributed by atoms with E-state index >= 15 is 0 Å². The van der Waals surface area contributed by atoms with Crippen LogP contribution in [-0.2, 0) is 11.2 Å². The van der Waals surface area contributed by atoms with Gasteiger partial charge < -0.3 is 9.32 Å². The topological polar surface area (TPSA) is 75.4 Å². The number of hydrogen-bond acceptors (Lipinski definition) is 7. The van der Waals surface area contributed by atoms with Crippen molar-refractivity contribution in [2.75, 3.05) is 39.8 Å². The molecule has 2 aromatic heterocycles. The number of Topliss-reactive ketones (excluding diaryl/α,β-unsaturated/α-hetero) is 1. The fourth-order valence-electron chi connectivity index (χ4n) is 3.28. The molecular formula is C20H23N5O2. The second-order valence-corrected chi connectivity index (χ2v) is 7.10. The Morgan fingerprint density at radius 2 is 1.96 bits per heavy atom. The molecule has 0 atom stereocenters. The Balaban J connectivity index is 1.48. The van der Waals surface area contributed by atoms with E-state index in [-0.39, 0.29) is 12.2 Å². The number of rotatable bonds is 5. The lowest BCUT2D eigenvalue weighted by atomic mass is 10.1. The highest BCUT2D eigenvalue weighted by molar-refractivity contribution is 5.85. The van der Waals surface area contributed by atoms with Crippen LogP contribution in [0.15, 0.2) is 35.0 Å². The molecule has 0 spiro atoms. The number of carbonyl (C=O) groups excluding carboxylic acids is 1. The van der Waals surface area contributed by atoms with Crippen molar-refractivity contribution in [3.63, 3.8) is 0 Å². The molecule has 1 fully saturated rings. The predicted molar refractivity (Wildman–Crippen MR) is 102 cm³/mol. The molecule has 7 nitrogen and oxygen atoms in total. The minimum Gasteiger partial charge on any atom is -0.441 e. The van der Waals surface area contributed by atoms with Gasteiger partial charge >= 0.3 is 0 Å². The third-order valence-corrected chi connectivity index (χ3v) is 4.89. The molecule has 0 unspecified atom stereocenters. The highest BCUT2D eigenvalue weighted by Crippen LogP contribution is 2.24. The molecule has 1 saturated heterocycles. The standard InChI is InChI=1S/C20H23N5O2/c1-14-21-12-19(27-14)15-3-4-16-11-22-20(23-18(16)9-15)10-17(26)13-25-7-5-24(2)6-8-25/h3-4,9,11-12H,5-8,10,13H2,1-2H3. The molecule has 27 heavy (non-hydrogen) atoms. The molecule has 0 N–H and O–H groups in total. The number of carbonyl (C=O) groups is 1. The molecular weight excluding hydrogens is 342 g/mol. The number of oxazole rings is 1. The first-order valence-corrected chi connectivity index (χ1v) is 9.18. The van der Waals surface area contributed by atoms with Crippen molar-refractivity contribution < 1.29 is 9.21 Å². The Morgan fingerprint density at radius 1 is 1.15 bits per heavy atom. The first kappa shape index (κ1) is 17.8. The molecule has 0 amide bonds. The Hall–Kier alpha value is -2.64. The van der Waals surface area contributed by atoms with E-state index < -0.39 is 0 Å². The molecule has 1 aliphatic rings. The quantitative estimate of drug-likeness (QED) is 0.684. The van der Waals surface area contributed by atoms with Gasteiger partial charge in [-0.3, -0.25) is 9.69 Å². The number of aromatic nitrogens is 3. The molecule has 3 heterocycles. The van der Waals surface area contributed by atoms with Crippen molar-refractivity contribution in [2.24, 2.45) is 0 Å². The van der Waals surface area contributed by atoms with E-state index in [1.165, 1.54) is 0 Å². The van der Waals surface area contributed by atoms with Gasteiger partial charge in [0.1, 0.15) is 5.82 Å². The average Bonchev–Trinajstić information content (AvgIpc) is 3.09. The van der Waals surface area contributed by atoms with Crippen LogP contribution in [0.2, 0.25) is 0 Å². The molecule has 0 radical (unpaired) electrons. The summed E-state index contributed by atoms with van der Waals surface area (Å²) in [7, 11) is 2.11. The van der Waals surface area contributed by atoms with Crippen LogP contribution in [0.25, 0.3) is 22.2 Å². The smallest absolute Gasteiger partial charge is 0.191 e. The van der Waals surface area contributed by atoms with Gasteiger partial charge in [-0.05, 0) is 13.1 Å². The second-order valence-electron chi connectivity index (χ2n) is 7.10. The van der Waals surface area contributed by atoms with Gasteiger partial charge in [0.05, 0.1) is 24.7 Å². The fourth-order valence-corrected chi connectivity index (χ4v) is 3.28. The second kappa shape index (κ2) is 7.54. The van der Waals surface area contributed by atoms with Crippen molar-refractivity contribution in [1.29, 1.82) is 0 Å². The van der Waals surface area contributed by atoms with Crippen molar-refractivity contribution >= 4 is 16.7 Å². The van der Waals surface area contributed by atoms with Crippen LogP contribution >= 0.6 is 0 Å². The average molecular weight is 365 g/mol. The maximum absolute atomic E-state index is 12.4. The number of fused-ring (bicyclic) bond motifs is 1. The third-order valence-electron chi connectivity index (χ3n) is 4.89. The van der Waals surface area contributed by atoms with E-state index in [2.05, 4.69) is 31.8 Å². The van der Waals surface area contributed by atoms with Crippen LogP contribution < -0.4 is 0 Å². The van der Waals surface area contributed by atoms with Gasteiger partial charge in [0.15, 0.2) is 17.4 Å². The summed E-state index contributed by atoms with van der Waals surface area (Å²) in [5.41, 5.74) is 1.72. The van der Waals surface area contributed by atoms with Crippen LogP contribution in [0, 0.1) is 6.92 Å². The number of likely N-dealkylation sites (N-methyl/N-ethyl adjacent to an activating group) is 1. The molecule has 3 aromatic rings. The maximum Gasteiger partial charge on any atom is 0.191 e. The number of nitrogens with zero attached hydrogens (tertiary/aromatic N) is 5. The number of ketones is 1. The van der Waals surface area contributed by atoms with Crippen molar-refractivity contribution in [3.05, 3.63) is 42.3 Å². The van der Waals surface area contributed by atoms with Crippen LogP contribution in [-0.4, -0.2) is 70.3 Å². The summed E-state index contributed by atoms with van der Waals surface area (Å²) in [4.78, 5) is 30.0.